The van der Waals surface area contributed by atoms with Crippen molar-refractivity contribution in [3.8, 4) is 5.75 Å². The zero-order valence-corrected chi connectivity index (χ0v) is 11.8. The van der Waals surface area contributed by atoms with E-state index in [0.29, 0.717) is 5.75 Å². The molecule has 2 aromatic rings. The number of hydrogen-bond acceptors (Lipinski definition) is 2. The Kier molecular flexibility index (Phi) is 5.13. The van der Waals surface area contributed by atoms with Gasteiger partial charge in [-0.25, -0.2) is 4.39 Å². The number of halogens is 1. The molecule has 20 heavy (non-hydrogen) atoms. The molecule has 0 saturated carbocycles. The molecule has 0 heterocycles. The predicted octanol–water partition coefficient (Wildman–Crippen LogP) is 3.94. The van der Waals surface area contributed by atoms with Crippen LogP contribution >= 0.6 is 0 Å². The normalized spacial score (nSPS) is 13.8. The molecule has 0 amide bonds. The number of likely N-dealkylation sites (N-methyl/N-ethyl adjacent to an activating group) is 1. The van der Waals surface area contributed by atoms with Gasteiger partial charge in [-0.15, -0.1) is 0 Å². The zero-order valence-electron chi connectivity index (χ0n) is 11.8. The third kappa shape index (κ3) is 3.58. The maximum atomic E-state index is 12.9. The van der Waals surface area contributed by atoms with Crippen molar-refractivity contribution in [1.29, 1.82) is 0 Å². The van der Waals surface area contributed by atoms with E-state index in [9.17, 15) is 4.39 Å². The largest absolute Gasteiger partial charge is 0.488 e. The van der Waals surface area contributed by atoms with Crippen molar-refractivity contribution in [2.45, 2.75) is 25.5 Å². The molecular formula is C17H20FNO. The molecule has 2 nitrogen and oxygen atoms in total. The SMILES string of the molecule is CCC(Oc1ccc(F)cc1)C(NC)c1ccccc1. The van der Waals surface area contributed by atoms with Crippen LogP contribution in [0.3, 0.4) is 0 Å². The number of ether oxygens (including phenoxy) is 1. The van der Waals surface area contributed by atoms with Crippen LogP contribution in [-0.2, 0) is 0 Å². The lowest BCUT2D eigenvalue weighted by atomic mass is 9.99. The van der Waals surface area contributed by atoms with Crippen LogP contribution in [0.5, 0.6) is 5.75 Å². The highest BCUT2D eigenvalue weighted by Gasteiger charge is 2.21. The summed E-state index contributed by atoms with van der Waals surface area (Å²) in [6, 6.07) is 16.5. The summed E-state index contributed by atoms with van der Waals surface area (Å²) < 4.78 is 18.9. The van der Waals surface area contributed by atoms with Crippen molar-refractivity contribution in [2.24, 2.45) is 0 Å². The van der Waals surface area contributed by atoms with Crippen LogP contribution in [0.1, 0.15) is 24.9 Å². The molecule has 2 rings (SSSR count). The molecule has 0 fully saturated rings. The van der Waals surface area contributed by atoms with E-state index in [1.165, 1.54) is 17.7 Å². The van der Waals surface area contributed by atoms with Gasteiger partial charge in [0.2, 0.25) is 0 Å². The van der Waals surface area contributed by atoms with E-state index < -0.39 is 0 Å². The predicted molar refractivity (Wildman–Crippen MR) is 79.3 cm³/mol. The second kappa shape index (κ2) is 7.06. The summed E-state index contributed by atoms with van der Waals surface area (Å²) in [5, 5.41) is 3.30. The van der Waals surface area contributed by atoms with Crippen molar-refractivity contribution in [3.63, 3.8) is 0 Å². The number of rotatable bonds is 6. The van der Waals surface area contributed by atoms with Crippen LogP contribution in [0, 0.1) is 5.82 Å². The quantitative estimate of drug-likeness (QED) is 0.860. The van der Waals surface area contributed by atoms with E-state index in [4.69, 9.17) is 4.74 Å². The Hall–Kier alpha value is -1.87. The Morgan fingerprint density at radius 3 is 2.25 bits per heavy atom. The third-order valence-electron chi connectivity index (χ3n) is 3.34. The highest BCUT2D eigenvalue weighted by Crippen LogP contribution is 2.24. The topological polar surface area (TPSA) is 21.3 Å². The maximum Gasteiger partial charge on any atom is 0.123 e. The summed E-state index contributed by atoms with van der Waals surface area (Å²) in [7, 11) is 1.92. The Labute approximate surface area is 119 Å². The van der Waals surface area contributed by atoms with Crippen molar-refractivity contribution >= 4 is 0 Å². The lowest BCUT2D eigenvalue weighted by Gasteiger charge is -2.27. The van der Waals surface area contributed by atoms with Gasteiger partial charge < -0.3 is 10.1 Å². The molecule has 0 aliphatic rings. The van der Waals surface area contributed by atoms with E-state index in [-0.39, 0.29) is 18.0 Å². The molecule has 0 aliphatic carbocycles. The van der Waals surface area contributed by atoms with Gasteiger partial charge in [-0.3, -0.25) is 0 Å². The smallest absolute Gasteiger partial charge is 0.123 e. The minimum atomic E-state index is -0.251. The van der Waals surface area contributed by atoms with Gasteiger partial charge in [0.25, 0.3) is 0 Å². The average Bonchev–Trinajstić information content (AvgIpc) is 2.50. The fourth-order valence-electron chi connectivity index (χ4n) is 2.30. The van der Waals surface area contributed by atoms with Gasteiger partial charge >= 0.3 is 0 Å². The summed E-state index contributed by atoms with van der Waals surface area (Å²) >= 11 is 0. The highest BCUT2D eigenvalue weighted by atomic mass is 19.1. The molecule has 0 spiro atoms. The van der Waals surface area contributed by atoms with E-state index in [1.807, 2.05) is 25.2 Å². The van der Waals surface area contributed by atoms with Crippen molar-refractivity contribution in [2.75, 3.05) is 7.05 Å². The summed E-state index contributed by atoms with van der Waals surface area (Å²) in [5.41, 5.74) is 1.18. The molecule has 3 heteroatoms. The Bertz CT molecular complexity index is 512. The highest BCUT2D eigenvalue weighted by molar-refractivity contribution is 5.24. The van der Waals surface area contributed by atoms with Gasteiger partial charge in [0.05, 0.1) is 6.04 Å². The van der Waals surface area contributed by atoms with E-state index in [1.54, 1.807) is 12.1 Å². The molecule has 0 radical (unpaired) electrons. The average molecular weight is 273 g/mol. The minimum absolute atomic E-state index is 0.00661. The summed E-state index contributed by atoms with van der Waals surface area (Å²) in [6.45, 7) is 2.08. The molecule has 106 valence electrons. The first-order chi connectivity index (χ1) is 9.74. The maximum absolute atomic E-state index is 12.9. The number of nitrogens with one attached hydrogen (secondary N) is 1. The molecular weight excluding hydrogens is 253 g/mol. The second-order valence-corrected chi connectivity index (χ2v) is 4.70. The fourth-order valence-corrected chi connectivity index (χ4v) is 2.30. The molecule has 1 N–H and O–H groups in total. The lowest BCUT2D eigenvalue weighted by molar-refractivity contribution is 0.152. The van der Waals surface area contributed by atoms with Crippen molar-refractivity contribution in [1.82, 2.24) is 5.32 Å². The van der Waals surface area contributed by atoms with Crippen molar-refractivity contribution < 1.29 is 9.13 Å². The summed E-state index contributed by atoms with van der Waals surface area (Å²) in [4.78, 5) is 0. The first-order valence-corrected chi connectivity index (χ1v) is 6.89. The van der Waals surface area contributed by atoms with Crippen LogP contribution in [0.15, 0.2) is 54.6 Å². The molecule has 0 saturated heterocycles. The van der Waals surface area contributed by atoms with Crippen molar-refractivity contribution in [3.05, 3.63) is 66.0 Å². The molecule has 2 aromatic carbocycles. The Morgan fingerprint density at radius 2 is 1.70 bits per heavy atom. The minimum Gasteiger partial charge on any atom is -0.488 e. The standard InChI is InChI=1S/C17H20FNO/c1-3-16(20-15-11-9-14(18)10-12-15)17(19-2)13-7-5-4-6-8-13/h4-12,16-17,19H,3H2,1-2H3. The van der Waals surface area contributed by atoms with Gasteiger partial charge in [-0.2, -0.15) is 0 Å². The van der Waals surface area contributed by atoms with E-state index in [0.717, 1.165) is 6.42 Å². The van der Waals surface area contributed by atoms with Gasteiger partial charge in [0.1, 0.15) is 17.7 Å². The van der Waals surface area contributed by atoms with E-state index in [2.05, 4.69) is 24.4 Å². The number of benzene rings is 2. The van der Waals surface area contributed by atoms with Gasteiger partial charge in [0.15, 0.2) is 0 Å². The zero-order chi connectivity index (χ0) is 14.4. The van der Waals surface area contributed by atoms with Crippen LogP contribution < -0.4 is 10.1 Å². The molecule has 2 unspecified atom stereocenters. The first-order valence-electron chi connectivity index (χ1n) is 6.89. The Morgan fingerprint density at radius 1 is 1.05 bits per heavy atom. The Balaban J connectivity index is 2.15. The van der Waals surface area contributed by atoms with Gasteiger partial charge in [0, 0.05) is 0 Å². The van der Waals surface area contributed by atoms with Gasteiger partial charge in [-0.1, -0.05) is 37.3 Å². The molecule has 2 atom stereocenters. The number of hydrogen-bond donors (Lipinski definition) is 1. The monoisotopic (exact) mass is 273 g/mol. The van der Waals surface area contributed by atoms with Crippen LogP contribution in [0.4, 0.5) is 4.39 Å². The third-order valence-corrected chi connectivity index (χ3v) is 3.34. The second-order valence-electron chi connectivity index (χ2n) is 4.70. The van der Waals surface area contributed by atoms with Crippen LogP contribution in [-0.4, -0.2) is 13.2 Å². The van der Waals surface area contributed by atoms with E-state index >= 15 is 0 Å². The summed E-state index contributed by atoms with van der Waals surface area (Å²) in [6.07, 6.45) is 0.852. The van der Waals surface area contributed by atoms with Gasteiger partial charge in [-0.05, 0) is 43.3 Å². The summed E-state index contributed by atoms with van der Waals surface area (Å²) in [5.74, 6) is 0.438. The molecule has 0 aliphatic heterocycles. The van der Waals surface area contributed by atoms with Crippen LogP contribution in [0.2, 0.25) is 0 Å². The molecule has 0 aromatic heterocycles. The first kappa shape index (κ1) is 14.5. The fraction of sp³-hybridized carbons (Fsp3) is 0.294. The molecule has 0 bridgehead atoms. The lowest BCUT2D eigenvalue weighted by Crippen LogP contribution is -2.33. The van der Waals surface area contributed by atoms with Crippen LogP contribution in [0.25, 0.3) is 0 Å².